The molecule has 0 radical (unpaired) electrons. The summed E-state index contributed by atoms with van der Waals surface area (Å²) in [6.07, 6.45) is 0.775. The molecule has 1 atom stereocenters. The Labute approximate surface area is 80.1 Å². The van der Waals surface area contributed by atoms with Gasteiger partial charge in [-0.1, -0.05) is 0 Å². The van der Waals surface area contributed by atoms with Crippen molar-refractivity contribution in [3.63, 3.8) is 0 Å². The second-order valence-corrected chi connectivity index (χ2v) is 3.05. The van der Waals surface area contributed by atoms with Gasteiger partial charge in [0.1, 0.15) is 0 Å². The van der Waals surface area contributed by atoms with Gasteiger partial charge in [0.2, 0.25) is 11.8 Å². The molecule has 0 bridgehead atoms. The smallest absolute Gasteiger partial charge is 0.329 e. The number of carboxylic acid groups (broad SMARTS) is 1. The van der Waals surface area contributed by atoms with Gasteiger partial charge in [0.25, 0.3) is 0 Å². The highest BCUT2D eigenvalue weighted by atomic mass is 16.4. The zero-order chi connectivity index (χ0) is 10.7. The molecule has 0 aromatic heterocycles. The molecule has 0 unspecified atom stereocenters. The summed E-state index contributed by atoms with van der Waals surface area (Å²) in [4.78, 5) is 33.7. The molecule has 6 nitrogen and oxygen atoms in total. The molecule has 1 rings (SSSR count). The number of aliphatic hydroxyl groups excluding tert-OH is 1. The predicted octanol–water partition coefficient (Wildman–Crippen LogP) is -1.03. The summed E-state index contributed by atoms with van der Waals surface area (Å²) in [7, 11) is 0. The van der Waals surface area contributed by atoms with Crippen molar-refractivity contribution in [1.29, 1.82) is 0 Å². The highest BCUT2D eigenvalue weighted by molar-refractivity contribution is 6.01. The minimum atomic E-state index is -1.43. The van der Waals surface area contributed by atoms with E-state index in [4.69, 9.17) is 10.2 Å². The van der Waals surface area contributed by atoms with Crippen molar-refractivity contribution in [2.24, 2.45) is 0 Å². The fraction of sp³-hybridized carbons (Fsp3) is 0.625. The molecule has 1 saturated heterocycles. The molecular formula is C8H11NO5. The fourth-order valence-electron chi connectivity index (χ4n) is 1.39. The number of aliphatic hydroxyl groups is 1. The van der Waals surface area contributed by atoms with Crippen molar-refractivity contribution in [2.45, 2.75) is 25.3 Å². The lowest BCUT2D eigenvalue weighted by Crippen LogP contribution is -2.52. The van der Waals surface area contributed by atoms with Gasteiger partial charge >= 0.3 is 5.97 Å². The third-order valence-electron chi connectivity index (χ3n) is 2.09. The van der Waals surface area contributed by atoms with Crippen molar-refractivity contribution in [1.82, 2.24) is 4.90 Å². The molecular weight excluding hydrogens is 190 g/mol. The summed E-state index contributed by atoms with van der Waals surface area (Å²) in [5.74, 6) is -2.42. The van der Waals surface area contributed by atoms with E-state index in [-0.39, 0.29) is 12.8 Å². The number of hydrogen-bond donors (Lipinski definition) is 2. The van der Waals surface area contributed by atoms with E-state index in [0.29, 0.717) is 11.3 Å². The lowest BCUT2D eigenvalue weighted by molar-refractivity contribution is -0.161. The molecule has 1 fully saturated rings. The first-order valence-corrected chi connectivity index (χ1v) is 4.26. The second kappa shape index (κ2) is 4.19. The first-order chi connectivity index (χ1) is 6.57. The van der Waals surface area contributed by atoms with Crippen LogP contribution in [0.4, 0.5) is 0 Å². The summed E-state index contributed by atoms with van der Waals surface area (Å²) < 4.78 is 0. The van der Waals surface area contributed by atoms with E-state index in [9.17, 15) is 14.4 Å². The van der Waals surface area contributed by atoms with Gasteiger partial charge in [-0.2, -0.15) is 0 Å². The van der Waals surface area contributed by atoms with E-state index in [1.807, 2.05) is 0 Å². The number of piperidine rings is 1. The van der Waals surface area contributed by atoms with E-state index < -0.39 is 30.4 Å². The minimum Gasteiger partial charge on any atom is -0.480 e. The number of hydrogen-bond acceptors (Lipinski definition) is 4. The van der Waals surface area contributed by atoms with Crippen LogP contribution < -0.4 is 0 Å². The van der Waals surface area contributed by atoms with Crippen LogP contribution in [-0.2, 0) is 14.4 Å². The summed E-state index contributed by atoms with van der Waals surface area (Å²) >= 11 is 0. The number of imide groups is 1. The molecule has 1 aliphatic heterocycles. The van der Waals surface area contributed by atoms with Gasteiger partial charge in [-0.25, -0.2) is 4.79 Å². The van der Waals surface area contributed by atoms with Gasteiger partial charge in [0, 0.05) is 12.8 Å². The van der Waals surface area contributed by atoms with Crippen LogP contribution in [0, 0.1) is 0 Å². The minimum absolute atomic E-state index is 0.162. The van der Waals surface area contributed by atoms with Crippen LogP contribution in [0.5, 0.6) is 0 Å². The van der Waals surface area contributed by atoms with Crippen LogP contribution in [-0.4, -0.2) is 45.5 Å². The molecule has 1 heterocycles. The standard InChI is InChI=1S/C8H11NO5/c10-4-5(8(13)14)9-6(11)2-1-3-7(9)12/h5,10H,1-4H2,(H,13,14)/t5-/m1/s1. The second-order valence-electron chi connectivity index (χ2n) is 3.05. The molecule has 2 amide bonds. The van der Waals surface area contributed by atoms with Crippen molar-refractivity contribution >= 4 is 17.8 Å². The largest absolute Gasteiger partial charge is 0.480 e. The van der Waals surface area contributed by atoms with Gasteiger partial charge in [-0.05, 0) is 6.42 Å². The van der Waals surface area contributed by atoms with Gasteiger partial charge < -0.3 is 10.2 Å². The van der Waals surface area contributed by atoms with E-state index in [1.165, 1.54) is 0 Å². The van der Waals surface area contributed by atoms with Gasteiger partial charge in [0.05, 0.1) is 6.61 Å². The van der Waals surface area contributed by atoms with Crippen molar-refractivity contribution in [3.8, 4) is 0 Å². The van der Waals surface area contributed by atoms with E-state index in [2.05, 4.69) is 0 Å². The number of carbonyl (C=O) groups is 3. The Balaban J connectivity index is 2.85. The molecule has 0 aromatic rings. The van der Waals surface area contributed by atoms with Crippen LogP contribution in [0.1, 0.15) is 19.3 Å². The predicted molar refractivity (Wildman–Crippen MR) is 44.2 cm³/mol. The first-order valence-electron chi connectivity index (χ1n) is 4.26. The number of amides is 2. The number of likely N-dealkylation sites (tertiary alicyclic amines) is 1. The lowest BCUT2D eigenvalue weighted by Gasteiger charge is -2.28. The summed E-state index contributed by atoms with van der Waals surface area (Å²) in [6, 6.07) is -1.43. The molecule has 0 saturated carbocycles. The van der Waals surface area contributed by atoms with Gasteiger partial charge in [-0.3, -0.25) is 14.5 Å². The number of rotatable bonds is 3. The van der Waals surface area contributed by atoms with Crippen LogP contribution in [0.2, 0.25) is 0 Å². The monoisotopic (exact) mass is 201 g/mol. The average molecular weight is 201 g/mol. The van der Waals surface area contributed by atoms with E-state index in [1.54, 1.807) is 0 Å². The van der Waals surface area contributed by atoms with E-state index in [0.717, 1.165) is 0 Å². The van der Waals surface area contributed by atoms with Crippen molar-refractivity contribution in [2.75, 3.05) is 6.61 Å². The number of carbonyl (C=O) groups excluding carboxylic acids is 2. The molecule has 2 N–H and O–H groups in total. The molecule has 6 heteroatoms. The Kier molecular flexibility index (Phi) is 3.19. The third-order valence-corrected chi connectivity index (χ3v) is 2.09. The Morgan fingerprint density at radius 2 is 1.86 bits per heavy atom. The van der Waals surface area contributed by atoms with Crippen LogP contribution in [0.25, 0.3) is 0 Å². The normalized spacial score (nSPS) is 19.6. The average Bonchev–Trinajstić information content (AvgIpc) is 2.10. The van der Waals surface area contributed by atoms with E-state index >= 15 is 0 Å². The lowest BCUT2D eigenvalue weighted by atomic mass is 10.1. The van der Waals surface area contributed by atoms with Crippen LogP contribution in [0.15, 0.2) is 0 Å². The zero-order valence-electron chi connectivity index (χ0n) is 7.47. The highest BCUT2D eigenvalue weighted by Crippen LogP contribution is 2.15. The molecule has 1 aliphatic rings. The Hall–Kier alpha value is -1.43. The molecule has 0 spiro atoms. The maximum atomic E-state index is 11.2. The summed E-state index contributed by atoms with van der Waals surface area (Å²) in [5.41, 5.74) is 0. The molecule has 0 aliphatic carbocycles. The number of nitrogens with zero attached hydrogens (tertiary/aromatic N) is 1. The Morgan fingerprint density at radius 3 is 2.21 bits per heavy atom. The fourth-order valence-corrected chi connectivity index (χ4v) is 1.39. The Bertz CT molecular complexity index is 259. The number of aliphatic carboxylic acids is 1. The van der Waals surface area contributed by atoms with Crippen molar-refractivity contribution in [3.05, 3.63) is 0 Å². The maximum Gasteiger partial charge on any atom is 0.329 e. The molecule has 0 aromatic carbocycles. The Morgan fingerprint density at radius 1 is 1.36 bits per heavy atom. The molecule has 78 valence electrons. The van der Waals surface area contributed by atoms with Crippen LogP contribution >= 0.6 is 0 Å². The molecule has 14 heavy (non-hydrogen) atoms. The summed E-state index contributed by atoms with van der Waals surface area (Å²) in [6.45, 7) is -0.743. The quantitative estimate of drug-likeness (QED) is 0.569. The summed E-state index contributed by atoms with van der Waals surface area (Å²) in [5, 5.41) is 17.4. The topological polar surface area (TPSA) is 94.9 Å². The highest BCUT2D eigenvalue weighted by Gasteiger charge is 2.36. The van der Waals surface area contributed by atoms with Crippen molar-refractivity contribution < 1.29 is 24.6 Å². The third kappa shape index (κ3) is 1.90. The van der Waals surface area contributed by atoms with Gasteiger partial charge in [0.15, 0.2) is 6.04 Å². The maximum absolute atomic E-state index is 11.2. The SMILES string of the molecule is O=C(O)[C@@H](CO)N1C(=O)CCCC1=O. The van der Waals surface area contributed by atoms with Crippen LogP contribution in [0.3, 0.4) is 0 Å². The zero-order valence-corrected chi connectivity index (χ0v) is 7.47. The first kappa shape index (κ1) is 10.6. The number of carboxylic acids is 1. The van der Waals surface area contributed by atoms with Gasteiger partial charge in [-0.15, -0.1) is 0 Å².